The predicted molar refractivity (Wildman–Crippen MR) is 85.0 cm³/mol. The molecule has 1 saturated carbocycles. The van der Waals surface area contributed by atoms with Crippen LogP contribution in [0.4, 0.5) is 5.82 Å². The third-order valence-corrected chi connectivity index (χ3v) is 4.50. The lowest BCUT2D eigenvalue weighted by Crippen LogP contribution is -2.39. The topological polar surface area (TPSA) is 90.4 Å². The van der Waals surface area contributed by atoms with Crippen LogP contribution in [0.5, 0.6) is 0 Å². The Morgan fingerprint density at radius 3 is 2.83 bits per heavy atom. The number of nitrogen functional groups attached to an aromatic ring is 1. The molecule has 0 bridgehead atoms. The summed E-state index contributed by atoms with van der Waals surface area (Å²) in [5.74, 6) is 0.302. The monoisotopic (exact) mass is 318 g/mol. The summed E-state index contributed by atoms with van der Waals surface area (Å²) < 4.78 is 6.33. The van der Waals surface area contributed by atoms with Gasteiger partial charge in [-0.25, -0.2) is 0 Å². The van der Waals surface area contributed by atoms with E-state index >= 15 is 0 Å². The quantitative estimate of drug-likeness (QED) is 0.880. The molecular weight excluding hydrogens is 296 g/mol. The van der Waals surface area contributed by atoms with Crippen LogP contribution in [0.3, 0.4) is 0 Å². The molecule has 2 heterocycles. The molecule has 1 atom stereocenters. The van der Waals surface area contributed by atoms with Crippen molar-refractivity contribution in [1.82, 2.24) is 14.7 Å². The van der Waals surface area contributed by atoms with E-state index in [9.17, 15) is 9.59 Å². The molecule has 1 aromatic rings. The van der Waals surface area contributed by atoms with Crippen LogP contribution in [-0.2, 0) is 9.53 Å². The maximum atomic E-state index is 12.8. The largest absolute Gasteiger partial charge is 0.383 e. The number of methoxy groups -OCH3 is 1. The SMILES string of the molecule is COC[C@H](C)N1CC(C(=O)n2nc(C3CC3)cc2N)=C(C)C1=O. The number of nitrogens with zero attached hydrogens (tertiary/aromatic N) is 3. The molecule has 0 saturated heterocycles. The molecule has 1 aromatic heterocycles. The molecule has 2 aliphatic rings. The molecule has 1 fully saturated rings. The van der Waals surface area contributed by atoms with Crippen LogP contribution in [0.1, 0.15) is 43.1 Å². The van der Waals surface area contributed by atoms with Gasteiger partial charge < -0.3 is 15.4 Å². The fourth-order valence-electron chi connectivity index (χ4n) is 2.90. The van der Waals surface area contributed by atoms with Crippen LogP contribution in [0.2, 0.25) is 0 Å². The fraction of sp³-hybridized carbons (Fsp3) is 0.562. The zero-order valence-electron chi connectivity index (χ0n) is 13.7. The highest BCUT2D eigenvalue weighted by Crippen LogP contribution is 2.39. The predicted octanol–water partition coefficient (Wildman–Crippen LogP) is 1.18. The van der Waals surface area contributed by atoms with Gasteiger partial charge in [-0.2, -0.15) is 9.78 Å². The normalized spacial score (nSPS) is 19.6. The molecule has 3 rings (SSSR count). The molecule has 124 valence electrons. The maximum Gasteiger partial charge on any atom is 0.278 e. The Morgan fingerprint density at radius 1 is 1.52 bits per heavy atom. The Hall–Kier alpha value is -2.15. The van der Waals surface area contributed by atoms with Gasteiger partial charge in [0.15, 0.2) is 0 Å². The molecule has 0 unspecified atom stereocenters. The van der Waals surface area contributed by atoms with Crippen molar-refractivity contribution in [2.75, 3.05) is 26.0 Å². The molecule has 23 heavy (non-hydrogen) atoms. The van der Waals surface area contributed by atoms with Crippen LogP contribution < -0.4 is 5.73 Å². The van der Waals surface area contributed by atoms with Gasteiger partial charge in [-0.1, -0.05) is 0 Å². The van der Waals surface area contributed by atoms with Crippen molar-refractivity contribution in [2.45, 2.75) is 38.6 Å². The van der Waals surface area contributed by atoms with Gasteiger partial charge in [-0.3, -0.25) is 9.59 Å². The zero-order valence-corrected chi connectivity index (χ0v) is 13.7. The number of carbonyl (C=O) groups excluding carboxylic acids is 2. The summed E-state index contributed by atoms with van der Waals surface area (Å²) >= 11 is 0. The first-order chi connectivity index (χ1) is 10.9. The van der Waals surface area contributed by atoms with Gasteiger partial charge in [-0.15, -0.1) is 0 Å². The van der Waals surface area contributed by atoms with E-state index in [0.29, 0.717) is 29.5 Å². The molecule has 1 amide bonds. The number of aromatic nitrogens is 2. The van der Waals surface area contributed by atoms with Gasteiger partial charge in [0.2, 0.25) is 0 Å². The van der Waals surface area contributed by atoms with Crippen molar-refractivity contribution >= 4 is 17.6 Å². The van der Waals surface area contributed by atoms with Crippen molar-refractivity contribution in [3.05, 3.63) is 22.9 Å². The second-order valence-electron chi connectivity index (χ2n) is 6.33. The highest BCUT2D eigenvalue weighted by molar-refractivity contribution is 6.09. The van der Waals surface area contributed by atoms with Crippen molar-refractivity contribution < 1.29 is 14.3 Å². The van der Waals surface area contributed by atoms with Crippen LogP contribution in [0.15, 0.2) is 17.2 Å². The van der Waals surface area contributed by atoms with Crippen LogP contribution in [0.25, 0.3) is 0 Å². The highest BCUT2D eigenvalue weighted by atomic mass is 16.5. The molecule has 0 spiro atoms. The van der Waals surface area contributed by atoms with Crippen molar-refractivity contribution in [2.24, 2.45) is 0 Å². The number of nitrogens with two attached hydrogens (primary N) is 1. The van der Waals surface area contributed by atoms with E-state index in [4.69, 9.17) is 10.5 Å². The second kappa shape index (κ2) is 5.81. The lowest BCUT2D eigenvalue weighted by molar-refractivity contribution is -0.128. The molecule has 1 aliphatic heterocycles. The standard InChI is InChI=1S/C16H22N4O3/c1-9(8-23-3)19-7-12(10(2)15(19)21)16(22)20-14(17)6-13(18-20)11-4-5-11/h6,9,11H,4-5,7-8,17H2,1-3H3/t9-/m0/s1. The average Bonchev–Trinajstić information content (AvgIpc) is 3.23. The van der Waals surface area contributed by atoms with Crippen molar-refractivity contribution in [3.8, 4) is 0 Å². The number of anilines is 1. The van der Waals surface area contributed by atoms with E-state index in [2.05, 4.69) is 5.10 Å². The molecule has 1 aliphatic carbocycles. The second-order valence-corrected chi connectivity index (χ2v) is 6.33. The van der Waals surface area contributed by atoms with Gasteiger partial charge in [0.05, 0.1) is 24.9 Å². The molecule has 2 N–H and O–H groups in total. The van der Waals surface area contributed by atoms with Gasteiger partial charge in [0.1, 0.15) is 5.82 Å². The van der Waals surface area contributed by atoms with E-state index in [1.165, 1.54) is 4.68 Å². The Balaban J connectivity index is 1.83. The zero-order chi connectivity index (χ0) is 16.7. The molecule has 0 radical (unpaired) electrons. The number of carbonyl (C=O) groups is 2. The third kappa shape index (κ3) is 2.76. The molecule has 0 aromatic carbocycles. The summed E-state index contributed by atoms with van der Waals surface area (Å²) in [5, 5.41) is 4.34. The van der Waals surface area contributed by atoms with Gasteiger partial charge in [0.25, 0.3) is 11.8 Å². The van der Waals surface area contributed by atoms with Gasteiger partial charge >= 0.3 is 0 Å². The van der Waals surface area contributed by atoms with Crippen LogP contribution in [0, 0.1) is 0 Å². The van der Waals surface area contributed by atoms with E-state index in [1.807, 2.05) is 6.92 Å². The lowest BCUT2D eigenvalue weighted by Gasteiger charge is -2.24. The molecule has 7 heteroatoms. The Morgan fingerprint density at radius 2 is 2.22 bits per heavy atom. The Bertz CT molecular complexity index is 687. The maximum absolute atomic E-state index is 12.8. The summed E-state index contributed by atoms with van der Waals surface area (Å²) in [4.78, 5) is 26.8. The smallest absolute Gasteiger partial charge is 0.278 e. The first kappa shape index (κ1) is 15.7. The Kier molecular flexibility index (Phi) is 3.97. The number of hydrogen-bond acceptors (Lipinski definition) is 5. The van der Waals surface area contributed by atoms with Crippen LogP contribution >= 0.6 is 0 Å². The number of rotatable bonds is 5. The van der Waals surface area contributed by atoms with Gasteiger partial charge in [-0.05, 0) is 26.7 Å². The van der Waals surface area contributed by atoms with E-state index in [-0.39, 0.29) is 24.4 Å². The summed E-state index contributed by atoms with van der Waals surface area (Å²) in [6.45, 7) is 4.27. The number of ether oxygens (including phenoxy) is 1. The lowest BCUT2D eigenvalue weighted by atomic mass is 10.1. The highest BCUT2D eigenvalue weighted by Gasteiger charge is 2.36. The Labute approximate surface area is 135 Å². The minimum atomic E-state index is -0.313. The number of hydrogen-bond donors (Lipinski definition) is 1. The van der Waals surface area contributed by atoms with Crippen molar-refractivity contribution in [1.29, 1.82) is 0 Å². The van der Waals surface area contributed by atoms with E-state index < -0.39 is 0 Å². The first-order valence-electron chi connectivity index (χ1n) is 7.83. The van der Waals surface area contributed by atoms with E-state index in [1.54, 1.807) is 25.0 Å². The minimum Gasteiger partial charge on any atom is -0.383 e. The fourth-order valence-corrected chi connectivity index (χ4v) is 2.90. The summed E-state index contributed by atoms with van der Waals surface area (Å²) in [7, 11) is 1.59. The first-order valence-corrected chi connectivity index (χ1v) is 7.83. The van der Waals surface area contributed by atoms with Gasteiger partial charge in [0, 0.05) is 30.2 Å². The molecular formula is C16H22N4O3. The van der Waals surface area contributed by atoms with Crippen molar-refractivity contribution in [3.63, 3.8) is 0 Å². The summed E-state index contributed by atoms with van der Waals surface area (Å²) in [5.41, 5.74) is 7.71. The average molecular weight is 318 g/mol. The van der Waals surface area contributed by atoms with E-state index in [0.717, 1.165) is 18.5 Å². The van der Waals surface area contributed by atoms with Crippen LogP contribution in [-0.4, -0.2) is 52.8 Å². The third-order valence-electron chi connectivity index (χ3n) is 4.50. The minimum absolute atomic E-state index is 0.0928. The summed E-state index contributed by atoms with van der Waals surface area (Å²) in [6, 6.07) is 1.66. The summed E-state index contributed by atoms with van der Waals surface area (Å²) in [6.07, 6.45) is 2.18. The number of amides is 1. The molecule has 7 nitrogen and oxygen atoms in total.